The third kappa shape index (κ3) is 2.50. The van der Waals surface area contributed by atoms with Crippen LogP contribution in [0.2, 0.25) is 0 Å². The Morgan fingerprint density at radius 2 is 0.800 bits per heavy atom. The Morgan fingerprint density at radius 3 is 1.23 bits per heavy atom. The third-order valence-electron chi connectivity index (χ3n) is 7.89. The van der Waals surface area contributed by atoms with Crippen LogP contribution >= 0.6 is 0 Å². The molecule has 2 heteroatoms. The summed E-state index contributed by atoms with van der Waals surface area (Å²) in [5.41, 5.74) is 7.60. The molecule has 5 aromatic carbocycles. The Hall–Kier alpha value is -3.98. The Kier molecular flexibility index (Phi) is 4.09. The molecule has 2 aliphatic rings. The van der Waals surface area contributed by atoms with Gasteiger partial charge in [0.15, 0.2) is 0 Å². The molecule has 7 rings (SSSR count). The van der Waals surface area contributed by atoms with E-state index in [4.69, 9.17) is 0 Å². The number of hydrogen-bond acceptors (Lipinski definition) is 2. The zero-order valence-corrected chi connectivity index (χ0v) is 19.4. The first-order valence-electron chi connectivity index (χ1n) is 12.0. The molecule has 2 nitrogen and oxygen atoms in total. The van der Waals surface area contributed by atoms with Crippen LogP contribution in [0.3, 0.4) is 0 Å². The molecule has 2 aliphatic carbocycles. The lowest BCUT2D eigenvalue weighted by Crippen LogP contribution is -2.30. The van der Waals surface area contributed by atoms with Crippen LogP contribution in [0.15, 0.2) is 115 Å². The van der Waals surface area contributed by atoms with Gasteiger partial charge in [-0.1, -0.05) is 109 Å². The largest absolute Gasteiger partial charge is 0.376 e. The first kappa shape index (κ1) is 20.4. The number of rotatable bonds is 2. The molecular formula is C33H24O2. The molecule has 0 aromatic heterocycles. The summed E-state index contributed by atoms with van der Waals surface area (Å²) < 4.78 is 0. The quantitative estimate of drug-likeness (QED) is 0.320. The number of aliphatic hydroxyl groups is 2. The summed E-state index contributed by atoms with van der Waals surface area (Å²) in [5, 5.41) is 24.9. The Morgan fingerprint density at radius 1 is 0.429 bits per heavy atom. The highest BCUT2D eigenvalue weighted by Crippen LogP contribution is 2.54. The van der Waals surface area contributed by atoms with Gasteiger partial charge in [0.05, 0.1) is 0 Å². The predicted octanol–water partition coefficient (Wildman–Crippen LogP) is 6.52. The van der Waals surface area contributed by atoms with Crippen molar-refractivity contribution in [1.29, 1.82) is 0 Å². The summed E-state index contributed by atoms with van der Waals surface area (Å²) in [6.07, 6.45) is 0. The molecule has 0 amide bonds. The van der Waals surface area contributed by atoms with Gasteiger partial charge in [0.1, 0.15) is 11.2 Å². The fraction of sp³-hybridized carbons (Fsp3) is 0.0909. The van der Waals surface area contributed by atoms with Gasteiger partial charge in [-0.05, 0) is 51.9 Å². The Balaban J connectivity index is 1.51. The van der Waals surface area contributed by atoms with E-state index in [2.05, 4.69) is 24.3 Å². The molecule has 0 bridgehead atoms. The van der Waals surface area contributed by atoms with Gasteiger partial charge in [-0.2, -0.15) is 0 Å². The maximum absolute atomic E-state index is 12.5. The third-order valence-corrected chi connectivity index (χ3v) is 7.89. The molecule has 5 aromatic rings. The molecule has 0 fully saturated rings. The second-order valence-corrected chi connectivity index (χ2v) is 9.63. The van der Waals surface area contributed by atoms with Crippen molar-refractivity contribution >= 4 is 0 Å². The van der Waals surface area contributed by atoms with E-state index in [1.807, 2.05) is 97.9 Å². The number of fused-ring (bicyclic) bond motifs is 6. The van der Waals surface area contributed by atoms with Crippen molar-refractivity contribution in [2.75, 3.05) is 0 Å². The number of hydrogen-bond donors (Lipinski definition) is 2. The van der Waals surface area contributed by atoms with E-state index in [0.717, 1.165) is 61.2 Å². The van der Waals surface area contributed by atoms with E-state index in [0.29, 0.717) is 0 Å². The fourth-order valence-electron chi connectivity index (χ4n) is 6.26. The standard InChI is InChI=1S/C33H24O2/c1-21-18-19-22(32(34)27-14-6-2-10-23(27)24-11-3-7-15-28(24)32)20-31(21)33(35)29-16-8-4-12-25(29)26-13-5-9-17-30(26)33/h2-20,34-35H,1H3. The average molecular weight is 453 g/mol. The van der Waals surface area contributed by atoms with Crippen LogP contribution in [-0.4, -0.2) is 10.2 Å². The summed E-state index contributed by atoms with van der Waals surface area (Å²) in [6.45, 7) is 2.03. The van der Waals surface area contributed by atoms with E-state index >= 15 is 0 Å². The van der Waals surface area contributed by atoms with Gasteiger partial charge in [-0.3, -0.25) is 0 Å². The minimum atomic E-state index is -1.30. The van der Waals surface area contributed by atoms with Crippen molar-refractivity contribution in [2.24, 2.45) is 0 Å². The molecule has 0 saturated carbocycles. The van der Waals surface area contributed by atoms with E-state index < -0.39 is 11.2 Å². The topological polar surface area (TPSA) is 40.5 Å². The van der Waals surface area contributed by atoms with Gasteiger partial charge in [0.25, 0.3) is 0 Å². The highest BCUT2D eigenvalue weighted by molar-refractivity contribution is 5.84. The molecule has 0 heterocycles. The molecule has 2 N–H and O–H groups in total. The van der Waals surface area contributed by atoms with Crippen LogP contribution in [0.1, 0.15) is 38.9 Å². The number of aryl methyl sites for hydroxylation is 1. The Bertz CT molecular complexity index is 1550. The summed E-state index contributed by atoms with van der Waals surface area (Å²) >= 11 is 0. The molecule has 0 saturated heterocycles. The Labute approximate surface area is 204 Å². The minimum Gasteiger partial charge on any atom is -0.376 e. The normalized spacial score (nSPS) is 15.7. The van der Waals surface area contributed by atoms with Gasteiger partial charge in [0.2, 0.25) is 0 Å². The first-order valence-corrected chi connectivity index (χ1v) is 12.0. The van der Waals surface area contributed by atoms with Gasteiger partial charge < -0.3 is 10.2 Å². The average Bonchev–Trinajstić information content (AvgIpc) is 3.33. The van der Waals surface area contributed by atoms with E-state index in [9.17, 15) is 10.2 Å². The molecule has 168 valence electrons. The predicted molar refractivity (Wildman–Crippen MR) is 139 cm³/mol. The molecule has 0 unspecified atom stereocenters. The minimum absolute atomic E-state index is 0.755. The van der Waals surface area contributed by atoms with E-state index in [1.165, 1.54) is 0 Å². The first-order chi connectivity index (χ1) is 17.0. The maximum Gasteiger partial charge on any atom is 0.142 e. The van der Waals surface area contributed by atoms with Gasteiger partial charge in [0, 0.05) is 22.3 Å². The molecular weight excluding hydrogens is 428 g/mol. The van der Waals surface area contributed by atoms with Crippen LogP contribution in [0.25, 0.3) is 22.3 Å². The highest BCUT2D eigenvalue weighted by atomic mass is 16.3. The maximum atomic E-state index is 12.5. The van der Waals surface area contributed by atoms with Crippen molar-refractivity contribution in [3.05, 3.63) is 154 Å². The van der Waals surface area contributed by atoms with Gasteiger partial charge in [-0.15, -0.1) is 0 Å². The van der Waals surface area contributed by atoms with Crippen LogP contribution in [0.4, 0.5) is 0 Å². The van der Waals surface area contributed by atoms with Gasteiger partial charge >= 0.3 is 0 Å². The van der Waals surface area contributed by atoms with Crippen LogP contribution in [-0.2, 0) is 11.2 Å². The summed E-state index contributed by atoms with van der Waals surface area (Å²) in [4.78, 5) is 0. The molecule has 0 spiro atoms. The van der Waals surface area contributed by atoms with Gasteiger partial charge in [-0.25, -0.2) is 0 Å². The molecule has 0 atom stereocenters. The molecule has 0 aliphatic heterocycles. The van der Waals surface area contributed by atoms with Crippen molar-refractivity contribution < 1.29 is 10.2 Å². The fourth-order valence-corrected chi connectivity index (χ4v) is 6.26. The monoisotopic (exact) mass is 452 g/mol. The molecule has 35 heavy (non-hydrogen) atoms. The van der Waals surface area contributed by atoms with E-state index in [-0.39, 0.29) is 0 Å². The van der Waals surface area contributed by atoms with Crippen molar-refractivity contribution in [3.8, 4) is 22.3 Å². The zero-order valence-electron chi connectivity index (χ0n) is 19.4. The summed E-state index contributed by atoms with van der Waals surface area (Å²) in [6, 6.07) is 38.3. The smallest absolute Gasteiger partial charge is 0.142 e. The highest BCUT2D eigenvalue weighted by Gasteiger charge is 2.46. The van der Waals surface area contributed by atoms with Crippen LogP contribution in [0.5, 0.6) is 0 Å². The number of benzene rings is 5. The second-order valence-electron chi connectivity index (χ2n) is 9.63. The van der Waals surface area contributed by atoms with Crippen LogP contribution in [0, 0.1) is 6.92 Å². The summed E-state index contributed by atoms with van der Waals surface area (Å²) in [5.74, 6) is 0. The van der Waals surface area contributed by atoms with Crippen molar-refractivity contribution in [3.63, 3.8) is 0 Å². The summed E-state index contributed by atoms with van der Waals surface area (Å²) in [7, 11) is 0. The SMILES string of the molecule is Cc1ccc(C2(O)c3ccccc3-c3ccccc32)cc1C1(O)c2ccccc2-c2ccccc21. The lowest BCUT2D eigenvalue weighted by molar-refractivity contribution is 0.123. The van der Waals surface area contributed by atoms with Crippen molar-refractivity contribution in [1.82, 2.24) is 0 Å². The van der Waals surface area contributed by atoms with E-state index in [1.54, 1.807) is 0 Å². The lowest BCUT2D eigenvalue weighted by atomic mass is 9.77. The van der Waals surface area contributed by atoms with Crippen LogP contribution < -0.4 is 0 Å². The molecule has 0 radical (unpaired) electrons. The second kappa shape index (κ2) is 7.02. The zero-order chi connectivity index (χ0) is 23.8. The lowest BCUT2D eigenvalue weighted by Gasteiger charge is -2.32. The van der Waals surface area contributed by atoms with Crippen molar-refractivity contribution in [2.45, 2.75) is 18.1 Å².